The lowest BCUT2D eigenvalue weighted by atomic mass is 10.2. The summed E-state index contributed by atoms with van der Waals surface area (Å²) in [6.45, 7) is 4.01. The van der Waals surface area contributed by atoms with Gasteiger partial charge in [0, 0.05) is 16.4 Å². The lowest BCUT2D eigenvalue weighted by Gasteiger charge is -2.12. The number of benzene rings is 2. The van der Waals surface area contributed by atoms with Crippen LogP contribution in [0.25, 0.3) is 10.2 Å². The average Bonchev–Trinajstić information content (AvgIpc) is 2.82. The van der Waals surface area contributed by atoms with Crippen molar-refractivity contribution >= 4 is 61.9 Å². The maximum Gasteiger partial charge on any atom is 0.175 e. The lowest BCUT2D eigenvalue weighted by Crippen LogP contribution is -2.19. The van der Waals surface area contributed by atoms with Gasteiger partial charge in [-0.25, -0.2) is 4.98 Å². The molecule has 0 saturated carbocycles. The number of thiocarbonyl (C=S) groups is 1. The summed E-state index contributed by atoms with van der Waals surface area (Å²) in [5.41, 5.74) is 3.87. The number of thiazole rings is 1. The molecule has 0 unspecified atom stereocenters. The van der Waals surface area contributed by atoms with Crippen molar-refractivity contribution in [1.82, 2.24) is 4.98 Å². The molecule has 0 aliphatic heterocycles. The van der Waals surface area contributed by atoms with Crippen LogP contribution in [0, 0.1) is 13.8 Å². The van der Waals surface area contributed by atoms with Gasteiger partial charge in [0.15, 0.2) is 5.11 Å². The van der Waals surface area contributed by atoms with E-state index in [-0.39, 0.29) is 0 Å². The second-order valence-electron chi connectivity index (χ2n) is 4.95. The average molecular weight is 348 g/mol. The van der Waals surface area contributed by atoms with Gasteiger partial charge in [0.2, 0.25) is 0 Å². The van der Waals surface area contributed by atoms with E-state index in [4.69, 9.17) is 23.8 Å². The van der Waals surface area contributed by atoms with Crippen molar-refractivity contribution in [2.75, 3.05) is 10.6 Å². The second-order valence-corrected chi connectivity index (χ2v) is 7.03. The summed E-state index contributed by atoms with van der Waals surface area (Å²) in [7, 11) is 0. The van der Waals surface area contributed by atoms with E-state index in [2.05, 4.69) is 21.7 Å². The van der Waals surface area contributed by atoms with Gasteiger partial charge in [0.25, 0.3) is 0 Å². The monoisotopic (exact) mass is 347 g/mol. The van der Waals surface area contributed by atoms with Gasteiger partial charge in [-0.3, -0.25) is 0 Å². The Bertz CT molecular complexity index is 858. The van der Waals surface area contributed by atoms with Crippen LogP contribution in [-0.2, 0) is 0 Å². The standard InChI is InChI=1S/C16H14ClN3S2/c1-9-3-4-11(17)7-13(9)20-16(21)19-12-5-6-15-14(8-12)18-10(2)22-15/h3-8H,1-2H3,(H2,19,20,21). The third-order valence-corrected chi connectivity index (χ3v) is 4.59. The third-order valence-electron chi connectivity index (χ3n) is 3.20. The minimum atomic E-state index is 0.525. The summed E-state index contributed by atoms with van der Waals surface area (Å²) in [4.78, 5) is 4.49. The molecule has 0 aliphatic rings. The Morgan fingerprint density at radius 2 is 1.95 bits per heavy atom. The quantitative estimate of drug-likeness (QED) is 0.610. The third kappa shape index (κ3) is 3.38. The number of aromatic nitrogens is 1. The molecule has 0 fully saturated rings. The molecule has 1 heterocycles. The summed E-state index contributed by atoms with van der Waals surface area (Å²) >= 11 is 13.1. The van der Waals surface area contributed by atoms with Crippen molar-refractivity contribution < 1.29 is 0 Å². The van der Waals surface area contributed by atoms with Crippen molar-refractivity contribution in [3.05, 3.63) is 52.0 Å². The molecule has 2 N–H and O–H groups in total. The Balaban J connectivity index is 1.76. The molecule has 0 aliphatic carbocycles. The molecule has 0 atom stereocenters. The number of fused-ring (bicyclic) bond motifs is 1. The van der Waals surface area contributed by atoms with Crippen LogP contribution >= 0.6 is 35.2 Å². The van der Waals surface area contributed by atoms with E-state index in [1.165, 1.54) is 4.70 Å². The Labute approximate surface area is 143 Å². The van der Waals surface area contributed by atoms with Gasteiger partial charge in [-0.1, -0.05) is 17.7 Å². The minimum Gasteiger partial charge on any atom is -0.332 e. The summed E-state index contributed by atoms with van der Waals surface area (Å²) in [5, 5.41) is 8.61. The van der Waals surface area contributed by atoms with E-state index < -0.39 is 0 Å². The number of aryl methyl sites for hydroxylation is 2. The van der Waals surface area contributed by atoms with Crippen LogP contribution in [0.1, 0.15) is 10.6 Å². The van der Waals surface area contributed by atoms with Crippen LogP contribution in [0.4, 0.5) is 11.4 Å². The first-order chi connectivity index (χ1) is 10.5. The molecular formula is C16H14ClN3S2. The molecule has 22 heavy (non-hydrogen) atoms. The lowest BCUT2D eigenvalue weighted by molar-refractivity contribution is 1.35. The van der Waals surface area contributed by atoms with E-state index in [1.807, 2.05) is 44.2 Å². The van der Waals surface area contributed by atoms with Crippen LogP contribution in [0.2, 0.25) is 5.02 Å². The molecule has 1 aromatic heterocycles. The second kappa shape index (κ2) is 6.20. The largest absolute Gasteiger partial charge is 0.332 e. The van der Waals surface area contributed by atoms with Crippen LogP contribution in [0.5, 0.6) is 0 Å². The molecule has 0 bridgehead atoms. The highest BCUT2D eigenvalue weighted by Gasteiger charge is 2.05. The van der Waals surface area contributed by atoms with E-state index in [1.54, 1.807) is 11.3 Å². The molecule has 3 rings (SSSR count). The molecule has 0 spiro atoms. The number of nitrogens with one attached hydrogen (secondary N) is 2. The van der Waals surface area contributed by atoms with Gasteiger partial charge >= 0.3 is 0 Å². The summed E-state index contributed by atoms with van der Waals surface area (Å²) < 4.78 is 1.17. The number of hydrogen-bond donors (Lipinski definition) is 2. The Hall–Kier alpha value is -1.69. The molecule has 6 heteroatoms. The molecule has 0 saturated heterocycles. The minimum absolute atomic E-state index is 0.525. The van der Waals surface area contributed by atoms with Gasteiger partial charge in [-0.2, -0.15) is 0 Å². The summed E-state index contributed by atoms with van der Waals surface area (Å²) in [6, 6.07) is 11.7. The van der Waals surface area contributed by atoms with Crippen molar-refractivity contribution in [2.24, 2.45) is 0 Å². The van der Waals surface area contributed by atoms with E-state index >= 15 is 0 Å². The highest BCUT2D eigenvalue weighted by atomic mass is 35.5. The van der Waals surface area contributed by atoms with Crippen LogP contribution in [0.15, 0.2) is 36.4 Å². The van der Waals surface area contributed by atoms with Gasteiger partial charge in [-0.15, -0.1) is 11.3 Å². The zero-order valence-corrected chi connectivity index (χ0v) is 14.5. The number of hydrogen-bond acceptors (Lipinski definition) is 3. The molecule has 112 valence electrons. The van der Waals surface area contributed by atoms with Crippen LogP contribution in [-0.4, -0.2) is 10.1 Å². The fourth-order valence-electron chi connectivity index (χ4n) is 2.13. The molecule has 0 radical (unpaired) electrons. The zero-order valence-electron chi connectivity index (χ0n) is 12.1. The highest BCUT2D eigenvalue weighted by Crippen LogP contribution is 2.25. The maximum atomic E-state index is 6.02. The number of anilines is 2. The fourth-order valence-corrected chi connectivity index (χ4v) is 3.34. The maximum absolute atomic E-state index is 6.02. The van der Waals surface area contributed by atoms with Crippen molar-refractivity contribution in [1.29, 1.82) is 0 Å². The molecule has 0 amide bonds. The topological polar surface area (TPSA) is 37.0 Å². The van der Waals surface area contributed by atoms with E-state index in [0.29, 0.717) is 10.1 Å². The van der Waals surface area contributed by atoms with Gasteiger partial charge < -0.3 is 10.6 Å². The first kappa shape index (κ1) is 15.2. The predicted molar refractivity (Wildman–Crippen MR) is 100 cm³/mol. The predicted octanol–water partition coefficient (Wildman–Crippen LogP) is 5.38. The fraction of sp³-hybridized carbons (Fsp3) is 0.125. The highest BCUT2D eigenvalue weighted by molar-refractivity contribution is 7.80. The Morgan fingerprint density at radius 3 is 2.77 bits per heavy atom. The Kier molecular flexibility index (Phi) is 4.29. The molecular weight excluding hydrogens is 334 g/mol. The summed E-state index contributed by atoms with van der Waals surface area (Å²) in [5.74, 6) is 0. The van der Waals surface area contributed by atoms with Gasteiger partial charge in [-0.05, 0) is 62.0 Å². The van der Waals surface area contributed by atoms with E-state index in [9.17, 15) is 0 Å². The SMILES string of the molecule is Cc1nc2cc(NC(=S)Nc3cc(Cl)ccc3C)ccc2s1. The van der Waals surface area contributed by atoms with Gasteiger partial charge in [0.1, 0.15) is 0 Å². The zero-order chi connectivity index (χ0) is 15.7. The first-order valence-electron chi connectivity index (χ1n) is 6.72. The van der Waals surface area contributed by atoms with Crippen molar-refractivity contribution in [2.45, 2.75) is 13.8 Å². The normalized spacial score (nSPS) is 10.7. The van der Waals surface area contributed by atoms with Crippen molar-refractivity contribution in [3.8, 4) is 0 Å². The smallest absolute Gasteiger partial charge is 0.175 e. The molecule has 3 nitrogen and oxygen atoms in total. The molecule has 2 aromatic carbocycles. The molecule has 3 aromatic rings. The first-order valence-corrected chi connectivity index (χ1v) is 8.33. The number of nitrogens with zero attached hydrogens (tertiary/aromatic N) is 1. The number of halogens is 1. The van der Waals surface area contributed by atoms with Crippen LogP contribution < -0.4 is 10.6 Å². The van der Waals surface area contributed by atoms with Crippen LogP contribution in [0.3, 0.4) is 0 Å². The summed E-state index contributed by atoms with van der Waals surface area (Å²) in [6.07, 6.45) is 0. The number of rotatable bonds is 2. The Morgan fingerprint density at radius 1 is 1.14 bits per heavy atom. The van der Waals surface area contributed by atoms with Crippen molar-refractivity contribution in [3.63, 3.8) is 0 Å². The van der Waals surface area contributed by atoms with E-state index in [0.717, 1.165) is 27.5 Å². The van der Waals surface area contributed by atoms with Gasteiger partial charge in [0.05, 0.1) is 15.2 Å².